The number of methoxy groups -OCH3 is 1. The molecule has 1 saturated heterocycles. The molecule has 4 nitrogen and oxygen atoms in total. The van der Waals surface area contributed by atoms with Crippen molar-refractivity contribution >= 4 is 0 Å². The quantitative estimate of drug-likeness (QED) is 0.896. The maximum absolute atomic E-state index is 5.75. The van der Waals surface area contributed by atoms with Crippen LogP contribution in [0, 0.1) is 0 Å². The average Bonchev–Trinajstić information content (AvgIpc) is 2.40. The lowest BCUT2D eigenvalue weighted by atomic mass is 10.1. The van der Waals surface area contributed by atoms with E-state index >= 15 is 0 Å². The van der Waals surface area contributed by atoms with E-state index in [1.807, 2.05) is 19.9 Å². The predicted octanol–water partition coefficient (Wildman–Crippen LogP) is 2.28. The first-order valence-corrected chi connectivity index (χ1v) is 7.37. The fourth-order valence-electron chi connectivity index (χ4n) is 2.58. The van der Waals surface area contributed by atoms with Crippen molar-refractivity contribution in [2.45, 2.75) is 39.5 Å². The van der Waals surface area contributed by atoms with Crippen molar-refractivity contribution in [2.75, 3.05) is 26.7 Å². The summed E-state index contributed by atoms with van der Waals surface area (Å²) in [5, 5.41) is 3.46. The third-order valence-corrected chi connectivity index (χ3v) is 3.45. The highest BCUT2D eigenvalue weighted by molar-refractivity contribution is 5.43. The van der Waals surface area contributed by atoms with Gasteiger partial charge >= 0.3 is 0 Å². The second kappa shape index (κ2) is 6.95. The van der Waals surface area contributed by atoms with E-state index in [1.54, 1.807) is 7.11 Å². The molecule has 0 radical (unpaired) electrons. The highest BCUT2D eigenvalue weighted by atomic mass is 16.5. The van der Waals surface area contributed by atoms with Crippen molar-refractivity contribution in [3.8, 4) is 11.5 Å². The van der Waals surface area contributed by atoms with Gasteiger partial charge in [0.15, 0.2) is 11.5 Å². The number of hydrogen-bond acceptors (Lipinski definition) is 4. The van der Waals surface area contributed by atoms with Crippen LogP contribution in [-0.4, -0.2) is 43.8 Å². The van der Waals surface area contributed by atoms with E-state index in [2.05, 4.69) is 29.3 Å². The van der Waals surface area contributed by atoms with E-state index < -0.39 is 0 Å². The van der Waals surface area contributed by atoms with Crippen molar-refractivity contribution in [3.05, 3.63) is 23.8 Å². The molecule has 0 unspecified atom stereocenters. The van der Waals surface area contributed by atoms with Crippen molar-refractivity contribution in [3.63, 3.8) is 0 Å². The molecule has 1 aliphatic rings. The Labute approximate surface area is 122 Å². The van der Waals surface area contributed by atoms with Gasteiger partial charge in [-0.15, -0.1) is 0 Å². The molecule has 1 aromatic carbocycles. The summed E-state index contributed by atoms with van der Waals surface area (Å²) in [4.78, 5) is 2.47. The first-order valence-electron chi connectivity index (χ1n) is 7.37. The molecule has 1 aromatic rings. The lowest BCUT2D eigenvalue weighted by Crippen LogP contribution is -2.48. The number of rotatable bonds is 5. The van der Waals surface area contributed by atoms with E-state index in [0.717, 1.165) is 37.7 Å². The zero-order valence-electron chi connectivity index (χ0n) is 13.0. The Bertz CT molecular complexity index is 434. The summed E-state index contributed by atoms with van der Waals surface area (Å²) in [6, 6.07) is 6.80. The summed E-state index contributed by atoms with van der Waals surface area (Å²) in [5.74, 6) is 1.64. The van der Waals surface area contributed by atoms with Crippen molar-refractivity contribution in [1.29, 1.82) is 0 Å². The number of hydrogen-bond donors (Lipinski definition) is 1. The summed E-state index contributed by atoms with van der Waals surface area (Å²) >= 11 is 0. The van der Waals surface area contributed by atoms with Crippen LogP contribution >= 0.6 is 0 Å². The Morgan fingerprint density at radius 1 is 1.35 bits per heavy atom. The molecule has 1 aliphatic heterocycles. The average molecular weight is 278 g/mol. The van der Waals surface area contributed by atoms with Crippen LogP contribution < -0.4 is 14.8 Å². The third-order valence-electron chi connectivity index (χ3n) is 3.45. The standard InChI is InChI=1S/C16H26N2O2/c1-12(2)20-15-6-5-14(9-16(15)19-4)11-18-8-7-17-13(3)10-18/h5-6,9,12-13,17H,7-8,10-11H2,1-4H3/t13-/m0/s1. The number of piperazine rings is 1. The maximum Gasteiger partial charge on any atom is 0.161 e. The molecule has 1 N–H and O–H groups in total. The normalized spacial score (nSPS) is 20.1. The molecule has 1 fully saturated rings. The minimum absolute atomic E-state index is 0.156. The van der Waals surface area contributed by atoms with E-state index in [-0.39, 0.29) is 6.10 Å². The van der Waals surface area contributed by atoms with Crippen molar-refractivity contribution < 1.29 is 9.47 Å². The molecular formula is C16H26N2O2. The van der Waals surface area contributed by atoms with Gasteiger partial charge in [-0.3, -0.25) is 4.90 Å². The summed E-state index contributed by atoms with van der Waals surface area (Å²) in [6.45, 7) is 10.5. The molecule has 20 heavy (non-hydrogen) atoms. The van der Waals surface area contributed by atoms with E-state index in [0.29, 0.717) is 6.04 Å². The molecular weight excluding hydrogens is 252 g/mol. The first kappa shape index (κ1) is 15.1. The van der Waals surface area contributed by atoms with Gasteiger partial charge in [0, 0.05) is 32.2 Å². The highest BCUT2D eigenvalue weighted by Crippen LogP contribution is 2.29. The molecule has 0 spiro atoms. The Kier molecular flexibility index (Phi) is 5.26. The Hall–Kier alpha value is -1.26. The highest BCUT2D eigenvalue weighted by Gasteiger charge is 2.16. The van der Waals surface area contributed by atoms with Crippen molar-refractivity contribution in [2.24, 2.45) is 0 Å². The van der Waals surface area contributed by atoms with Crippen LogP contribution in [-0.2, 0) is 6.54 Å². The molecule has 0 bridgehead atoms. The van der Waals surface area contributed by atoms with E-state index in [9.17, 15) is 0 Å². The van der Waals surface area contributed by atoms with Gasteiger partial charge in [0.25, 0.3) is 0 Å². The van der Waals surface area contributed by atoms with Gasteiger partial charge in [-0.05, 0) is 38.5 Å². The Balaban J connectivity index is 2.05. The molecule has 0 aromatic heterocycles. The number of nitrogens with zero attached hydrogens (tertiary/aromatic N) is 1. The monoisotopic (exact) mass is 278 g/mol. The molecule has 1 atom stereocenters. The molecule has 2 rings (SSSR count). The Morgan fingerprint density at radius 3 is 2.80 bits per heavy atom. The van der Waals surface area contributed by atoms with Gasteiger partial charge in [-0.25, -0.2) is 0 Å². The van der Waals surface area contributed by atoms with Gasteiger partial charge in [-0.1, -0.05) is 6.07 Å². The summed E-state index contributed by atoms with van der Waals surface area (Å²) in [6.07, 6.45) is 0.156. The Morgan fingerprint density at radius 2 is 2.15 bits per heavy atom. The SMILES string of the molecule is COc1cc(CN2CCN[C@@H](C)C2)ccc1OC(C)C. The van der Waals surface area contributed by atoms with Crippen LogP contribution in [0.3, 0.4) is 0 Å². The minimum atomic E-state index is 0.156. The smallest absolute Gasteiger partial charge is 0.161 e. The number of benzene rings is 1. The molecule has 0 saturated carbocycles. The zero-order chi connectivity index (χ0) is 14.5. The fourth-order valence-corrected chi connectivity index (χ4v) is 2.58. The maximum atomic E-state index is 5.75. The van der Waals surface area contributed by atoms with Gasteiger partial charge < -0.3 is 14.8 Å². The minimum Gasteiger partial charge on any atom is -0.493 e. The van der Waals surface area contributed by atoms with E-state index in [1.165, 1.54) is 5.56 Å². The van der Waals surface area contributed by atoms with Crippen LogP contribution in [0.4, 0.5) is 0 Å². The fraction of sp³-hybridized carbons (Fsp3) is 0.625. The van der Waals surface area contributed by atoms with Crippen LogP contribution in [0.5, 0.6) is 11.5 Å². The summed E-state index contributed by atoms with van der Waals surface area (Å²) in [5.41, 5.74) is 1.27. The van der Waals surface area contributed by atoms with Crippen LogP contribution in [0.25, 0.3) is 0 Å². The van der Waals surface area contributed by atoms with Crippen molar-refractivity contribution in [1.82, 2.24) is 10.2 Å². The molecule has 0 aliphatic carbocycles. The third kappa shape index (κ3) is 4.12. The summed E-state index contributed by atoms with van der Waals surface area (Å²) < 4.78 is 11.2. The predicted molar refractivity (Wildman–Crippen MR) is 81.5 cm³/mol. The topological polar surface area (TPSA) is 33.7 Å². The lowest BCUT2D eigenvalue weighted by molar-refractivity contribution is 0.199. The second-order valence-corrected chi connectivity index (χ2v) is 5.74. The second-order valence-electron chi connectivity index (χ2n) is 5.74. The number of ether oxygens (including phenoxy) is 2. The van der Waals surface area contributed by atoms with Crippen LogP contribution in [0.2, 0.25) is 0 Å². The van der Waals surface area contributed by atoms with E-state index in [4.69, 9.17) is 9.47 Å². The number of nitrogens with one attached hydrogen (secondary N) is 1. The van der Waals surface area contributed by atoms with Crippen LogP contribution in [0.15, 0.2) is 18.2 Å². The molecule has 4 heteroatoms. The molecule has 0 amide bonds. The largest absolute Gasteiger partial charge is 0.493 e. The summed E-state index contributed by atoms with van der Waals surface area (Å²) in [7, 11) is 1.69. The lowest BCUT2D eigenvalue weighted by Gasteiger charge is -2.31. The molecule has 1 heterocycles. The first-order chi connectivity index (χ1) is 9.58. The van der Waals surface area contributed by atoms with Gasteiger partial charge in [0.1, 0.15) is 0 Å². The van der Waals surface area contributed by atoms with Gasteiger partial charge in [0.05, 0.1) is 13.2 Å². The van der Waals surface area contributed by atoms with Gasteiger partial charge in [0.2, 0.25) is 0 Å². The van der Waals surface area contributed by atoms with Gasteiger partial charge in [-0.2, -0.15) is 0 Å². The zero-order valence-corrected chi connectivity index (χ0v) is 13.0. The van der Waals surface area contributed by atoms with Crippen LogP contribution in [0.1, 0.15) is 26.3 Å². The molecule has 112 valence electrons.